The maximum absolute atomic E-state index is 10.5. The van der Waals surface area contributed by atoms with Crippen LogP contribution in [0.2, 0.25) is 0 Å². The second-order valence-electron chi connectivity index (χ2n) is 2.99. The fourth-order valence-corrected chi connectivity index (χ4v) is 1.14. The molecule has 3 N–H and O–H groups in total. The molecule has 0 fully saturated rings. The zero-order valence-electron chi connectivity index (χ0n) is 7.31. The van der Waals surface area contributed by atoms with E-state index in [0.29, 0.717) is 6.42 Å². The summed E-state index contributed by atoms with van der Waals surface area (Å²) in [7, 11) is 0. The first-order chi connectivity index (χ1) is 6.20. The Morgan fingerprint density at radius 3 is 3.00 bits per heavy atom. The molecule has 0 aromatic rings. The summed E-state index contributed by atoms with van der Waals surface area (Å²) in [6, 6.07) is -0.786. The van der Waals surface area contributed by atoms with Crippen LogP contribution in [0.4, 0.5) is 0 Å². The number of carboxylic acids is 1. The van der Waals surface area contributed by atoms with Gasteiger partial charge in [-0.15, -0.1) is 0 Å². The third-order valence-electron chi connectivity index (χ3n) is 1.87. The lowest BCUT2D eigenvalue weighted by Gasteiger charge is -2.07. The van der Waals surface area contributed by atoms with Gasteiger partial charge in [-0.05, 0) is 12.8 Å². The van der Waals surface area contributed by atoms with E-state index in [4.69, 9.17) is 10.8 Å². The number of rotatable bonds is 3. The van der Waals surface area contributed by atoms with Crippen LogP contribution in [0.3, 0.4) is 0 Å². The smallest absolute Gasteiger partial charge is 0.320 e. The van der Waals surface area contributed by atoms with E-state index in [1.807, 2.05) is 30.4 Å². The van der Waals surface area contributed by atoms with Gasteiger partial charge in [0.1, 0.15) is 6.04 Å². The van der Waals surface area contributed by atoms with Crippen molar-refractivity contribution in [1.82, 2.24) is 0 Å². The van der Waals surface area contributed by atoms with E-state index in [1.54, 1.807) is 0 Å². The highest BCUT2D eigenvalue weighted by atomic mass is 16.4. The van der Waals surface area contributed by atoms with E-state index < -0.39 is 12.0 Å². The molecule has 0 heterocycles. The molecular formula is C10H13NO2. The fourth-order valence-electron chi connectivity index (χ4n) is 1.14. The average molecular weight is 179 g/mol. The lowest BCUT2D eigenvalue weighted by molar-refractivity contribution is -0.138. The molecule has 1 unspecified atom stereocenters. The lowest BCUT2D eigenvalue weighted by Crippen LogP contribution is -2.30. The molecule has 0 aromatic heterocycles. The lowest BCUT2D eigenvalue weighted by atomic mass is 10.0. The summed E-state index contributed by atoms with van der Waals surface area (Å²) in [5.41, 5.74) is 6.47. The molecule has 70 valence electrons. The van der Waals surface area contributed by atoms with Gasteiger partial charge in [0.15, 0.2) is 0 Å². The Hall–Kier alpha value is -1.35. The van der Waals surface area contributed by atoms with Crippen molar-refractivity contribution in [2.24, 2.45) is 5.73 Å². The van der Waals surface area contributed by atoms with Crippen molar-refractivity contribution in [2.75, 3.05) is 0 Å². The van der Waals surface area contributed by atoms with Crippen LogP contribution in [0.15, 0.2) is 36.0 Å². The Labute approximate surface area is 77.2 Å². The molecule has 3 heteroatoms. The molecule has 13 heavy (non-hydrogen) atoms. The summed E-state index contributed by atoms with van der Waals surface area (Å²) < 4.78 is 0. The van der Waals surface area contributed by atoms with Crippen LogP contribution in [0, 0.1) is 0 Å². The van der Waals surface area contributed by atoms with E-state index in [-0.39, 0.29) is 0 Å². The molecule has 0 aliphatic heterocycles. The second kappa shape index (κ2) is 4.62. The van der Waals surface area contributed by atoms with Crippen molar-refractivity contribution in [3.05, 3.63) is 36.0 Å². The molecule has 1 aliphatic rings. The highest BCUT2D eigenvalue weighted by Crippen LogP contribution is 2.12. The summed E-state index contributed by atoms with van der Waals surface area (Å²) in [6.45, 7) is 0. The summed E-state index contributed by atoms with van der Waals surface area (Å²) in [6.07, 6.45) is 10.9. The van der Waals surface area contributed by atoms with Gasteiger partial charge in [-0.2, -0.15) is 0 Å². The van der Waals surface area contributed by atoms with Crippen LogP contribution in [-0.4, -0.2) is 17.1 Å². The van der Waals surface area contributed by atoms with Gasteiger partial charge in [0.2, 0.25) is 0 Å². The van der Waals surface area contributed by atoms with Gasteiger partial charge < -0.3 is 10.8 Å². The first kappa shape index (κ1) is 9.74. The molecule has 1 atom stereocenters. The maximum Gasteiger partial charge on any atom is 0.320 e. The van der Waals surface area contributed by atoms with E-state index in [0.717, 1.165) is 12.0 Å². The zero-order valence-corrected chi connectivity index (χ0v) is 7.31. The fraction of sp³-hybridized carbons (Fsp3) is 0.300. The topological polar surface area (TPSA) is 63.3 Å². The van der Waals surface area contributed by atoms with Gasteiger partial charge in [-0.25, -0.2) is 0 Å². The van der Waals surface area contributed by atoms with Crippen LogP contribution in [0.25, 0.3) is 0 Å². The average Bonchev–Trinajstić information content (AvgIpc) is 2.32. The Balaban J connectivity index is 2.53. The van der Waals surface area contributed by atoms with Gasteiger partial charge in [0, 0.05) is 0 Å². The minimum Gasteiger partial charge on any atom is -0.480 e. The molecule has 0 radical (unpaired) electrons. The molecule has 1 aliphatic carbocycles. The largest absolute Gasteiger partial charge is 0.480 e. The van der Waals surface area contributed by atoms with Gasteiger partial charge >= 0.3 is 5.97 Å². The standard InChI is InChI=1S/C10H13NO2/c11-9(10(12)13)7-8-5-3-1-2-4-6-8/h1-5,9H,6-7,11H2,(H,12,13). The number of nitrogens with two attached hydrogens (primary N) is 1. The Bertz CT molecular complexity index is 277. The van der Waals surface area contributed by atoms with Gasteiger partial charge in [-0.1, -0.05) is 36.0 Å². The quantitative estimate of drug-likeness (QED) is 0.685. The maximum atomic E-state index is 10.5. The number of hydrogen-bond donors (Lipinski definition) is 2. The molecule has 0 saturated carbocycles. The Morgan fingerprint density at radius 2 is 2.31 bits per heavy atom. The number of aliphatic carboxylic acids is 1. The van der Waals surface area contributed by atoms with Crippen molar-refractivity contribution in [1.29, 1.82) is 0 Å². The predicted octanol–water partition coefficient (Wildman–Crippen LogP) is 1.23. The van der Waals surface area contributed by atoms with E-state index >= 15 is 0 Å². The minimum absolute atomic E-state index is 0.421. The van der Waals surface area contributed by atoms with Crippen LogP contribution in [0.1, 0.15) is 12.8 Å². The van der Waals surface area contributed by atoms with Gasteiger partial charge in [-0.3, -0.25) is 4.79 Å². The highest BCUT2D eigenvalue weighted by Gasteiger charge is 2.12. The number of carbonyl (C=O) groups is 1. The summed E-state index contributed by atoms with van der Waals surface area (Å²) >= 11 is 0. The Morgan fingerprint density at radius 1 is 1.54 bits per heavy atom. The summed E-state index contributed by atoms with van der Waals surface area (Å²) in [5, 5.41) is 8.59. The molecule has 0 bridgehead atoms. The molecule has 0 aromatic carbocycles. The molecule has 0 spiro atoms. The molecule has 3 nitrogen and oxygen atoms in total. The molecule has 0 amide bonds. The first-order valence-corrected chi connectivity index (χ1v) is 4.20. The third-order valence-corrected chi connectivity index (χ3v) is 1.87. The molecular weight excluding hydrogens is 166 g/mol. The van der Waals surface area contributed by atoms with E-state index in [9.17, 15) is 4.79 Å². The number of carboxylic acid groups (broad SMARTS) is 1. The van der Waals surface area contributed by atoms with Gasteiger partial charge in [0.25, 0.3) is 0 Å². The van der Waals surface area contributed by atoms with Crippen molar-refractivity contribution in [3.8, 4) is 0 Å². The zero-order chi connectivity index (χ0) is 9.68. The van der Waals surface area contributed by atoms with Crippen LogP contribution < -0.4 is 5.73 Å². The number of hydrogen-bond acceptors (Lipinski definition) is 2. The van der Waals surface area contributed by atoms with Crippen molar-refractivity contribution >= 4 is 5.97 Å². The van der Waals surface area contributed by atoms with Crippen molar-refractivity contribution in [3.63, 3.8) is 0 Å². The van der Waals surface area contributed by atoms with Crippen LogP contribution in [0.5, 0.6) is 0 Å². The number of allylic oxidation sites excluding steroid dienone is 5. The molecule has 0 saturated heterocycles. The first-order valence-electron chi connectivity index (χ1n) is 4.20. The second-order valence-corrected chi connectivity index (χ2v) is 2.99. The predicted molar refractivity (Wildman–Crippen MR) is 51.2 cm³/mol. The minimum atomic E-state index is -0.946. The third kappa shape index (κ3) is 3.25. The summed E-state index contributed by atoms with van der Waals surface area (Å²) in [5.74, 6) is -0.946. The Kier molecular flexibility index (Phi) is 3.46. The SMILES string of the molecule is NC(CC1=CC=CC=CC1)C(=O)O. The van der Waals surface area contributed by atoms with Gasteiger partial charge in [0.05, 0.1) is 0 Å². The normalized spacial score (nSPS) is 17.8. The monoisotopic (exact) mass is 179 g/mol. The van der Waals surface area contributed by atoms with E-state index in [2.05, 4.69) is 0 Å². The van der Waals surface area contributed by atoms with Crippen molar-refractivity contribution in [2.45, 2.75) is 18.9 Å². The van der Waals surface area contributed by atoms with E-state index in [1.165, 1.54) is 0 Å². The highest BCUT2D eigenvalue weighted by molar-refractivity contribution is 5.73. The molecule has 1 rings (SSSR count). The summed E-state index contributed by atoms with van der Waals surface area (Å²) in [4.78, 5) is 10.5. The van der Waals surface area contributed by atoms with Crippen molar-refractivity contribution < 1.29 is 9.90 Å². The van der Waals surface area contributed by atoms with Crippen LogP contribution in [-0.2, 0) is 4.79 Å². The van der Waals surface area contributed by atoms with Crippen LogP contribution >= 0.6 is 0 Å².